The van der Waals surface area contributed by atoms with Gasteiger partial charge in [-0.05, 0) is 35.6 Å². The number of imide groups is 2. The second-order valence-corrected chi connectivity index (χ2v) is 12.5. The summed E-state index contributed by atoms with van der Waals surface area (Å²) >= 11 is 14.1. The maximum atomic E-state index is 15.1. The Hall–Kier alpha value is -4.03. The van der Waals surface area contributed by atoms with Crippen LogP contribution in [0.1, 0.15) is 24.3 Å². The van der Waals surface area contributed by atoms with Crippen LogP contribution >= 0.6 is 23.2 Å². The van der Waals surface area contributed by atoms with Crippen LogP contribution in [0.15, 0.2) is 48.0 Å². The van der Waals surface area contributed by atoms with Gasteiger partial charge in [0, 0.05) is 11.5 Å². The smallest absolute Gasteiger partial charge is 0.258 e. The molecule has 0 spiro atoms. The first-order chi connectivity index (χ1) is 20.8. The zero-order chi connectivity index (χ0) is 31.6. The van der Waals surface area contributed by atoms with Crippen molar-refractivity contribution in [2.75, 3.05) is 4.90 Å². The van der Waals surface area contributed by atoms with Crippen LogP contribution in [0.2, 0.25) is 0 Å². The molecule has 0 unspecified atom stereocenters. The first-order valence-electron chi connectivity index (χ1n) is 13.3. The third kappa shape index (κ3) is 3.32. The topological polar surface area (TPSA) is 104 Å². The van der Waals surface area contributed by atoms with Crippen LogP contribution in [0, 0.1) is 46.8 Å². The zero-order valence-electron chi connectivity index (χ0n) is 21.9. The molecule has 226 valence electrons. The molecule has 2 aliphatic heterocycles. The summed E-state index contributed by atoms with van der Waals surface area (Å²) in [4.78, 5) is 48.4. The van der Waals surface area contributed by atoms with Gasteiger partial charge in [0.1, 0.15) is 11.4 Å². The van der Waals surface area contributed by atoms with Crippen LogP contribution in [0.4, 0.5) is 27.6 Å². The number of allylic oxidation sites excluding steroid dienone is 2. The van der Waals surface area contributed by atoms with E-state index in [9.17, 15) is 37.5 Å². The van der Waals surface area contributed by atoms with Crippen LogP contribution in [-0.4, -0.2) is 38.5 Å². The Morgan fingerprint density at radius 3 is 2.14 bits per heavy atom. The number of hydrogen-bond acceptors (Lipinski definition) is 5. The third-order valence-corrected chi connectivity index (χ3v) is 10.7. The number of alkyl halides is 2. The highest BCUT2D eigenvalue weighted by Gasteiger charge is 2.77. The van der Waals surface area contributed by atoms with E-state index in [-0.39, 0.29) is 22.5 Å². The molecule has 0 radical (unpaired) electrons. The average Bonchev–Trinajstić information content (AvgIpc) is 3.37. The Balaban J connectivity index is 1.54. The highest BCUT2D eigenvalue weighted by Crippen LogP contribution is 2.67. The Morgan fingerprint density at radius 1 is 0.818 bits per heavy atom. The quantitative estimate of drug-likeness (QED) is 0.100. The number of carbonyl (C=O) groups excluding carboxylic acids is 4. The van der Waals surface area contributed by atoms with Gasteiger partial charge in [-0.25, -0.2) is 26.9 Å². The number of fused-ring (bicyclic) bond motifs is 5. The summed E-state index contributed by atoms with van der Waals surface area (Å²) in [5, 5.41) is 14.4. The van der Waals surface area contributed by atoms with E-state index >= 15 is 8.78 Å². The minimum Gasteiger partial charge on any atom is -0.508 e. The summed E-state index contributed by atoms with van der Waals surface area (Å²) in [5.41, 5.74) is -1.65. The van der Waals surface area contributed by atoms with E-state index in [2.05, 4.69) is 5.32 Å². The fourth-order valence-corrected chi connectivity index (χ4v) is 8.30. The number of phenolic OH excluding ortho intramolecular Hbond substituents is 1. The number of anilines is 1. The summed E-state index contributed by atoms with van der Waals surface area (Å²) in [6.07, 6.45) is 0.932. The highest BCUT2D eigenvalue weighted by atomic mass is 35.5. The number of carbonyl (C=O) groups is 4. The molecule has 4 aliphatic rings. The highest BCUT2D eigenvalue weighted by molar-refractivity contribution is 6.58. The number of aromatic hydroxyl groups is 1. The molecular weight excluding hydrogens is 634 g/mol. The Bertz CT molecular complexity index is 1910. The summed E-state index contributed by atoms with van der Waals surface area (Å²) in [7, 11) is 0. The SMILES string of the molecule is O=C1NC(=O)[C@H]2CC=C3[C@@H](C[C@@]4(Cl)C(=O)N(c5c(F)c(F)c(F)c(F)c5F)C(=O)[C@@]4(Cl)[C@H]3c3c(O)ccc4ccccc34)[C@@H]12. The lowest BCUT2D eigenvalue weighted by molar-refractivity contribution is -0.127. The first-order valence-corrected chi connectivity index (χ1v) is 14.0. The predicted octanol–water partition coefficient (Wildman–Crippen LogP) is 5.09. The van der Waals surface area contributed by atoms with E-state index in [4.69, 9.17) is 23.2 Å². The van der Waals surface area contributed by atoms with Crippen molar-refractivity contribution in [1.29, 1.82) is 0 Å². The van der Waals surface area contributed by atoms with Gasteiger partial charge in [-0.3, -0.25) is 24.5 Å². The largest absolute Gasteiger partial charge is 0.508 e. The van der Waals surface area contributed by atoms with Crippen molar-refractivity contribution >= 4 is 63.3 Å². The molecule has 2 aliphatic carbocycles. The van der Waals surface area contributed by atoms with Gasteiger partial charge >= 0.3 is 0 Å². The van der Waals surface area contributed by atoms with Crippen molar-refractivity contribution in [3.05, 3.63) is 82.7 Å². The molecule has 4 amide bonds. The monoisotopic (exact) mass is 650 g/mol. The van der Waals surface area contributed by atoms with Gasteiger partial charge in [0.25, 0.3) is 11.8 Å². The molecule has 6 atom stereocenters. The summed E-state index contributed by atoms with van der Waals surface area (Å²) in [6, 6.07) is 9.38. The average molecular weight is 651 g/mol. The molecule has 7 rings (SSSR count). The van der Waals surface area contributed by atoms with Crippen LogP contribution in [-0.2, 0) is 19.2 Å². The summed E-state index contributed by atoms with van der Waals surface area (Å²) in [5.74, 6) is -21.8. The molecular formula is C30H17Cl2F5N2O5. The second kappa shape index (κ2) is 9.24. The summed E-state index contributed by atoms with van der Waals surface area (Å²) < 4.78 is 72.7. The Morgan fingerprint density at radius 2 is 1.45 bits per heavy atom. The lowest BCUT2D eigenvalue weighted by atomic mass is 9.56. The van der Waals surface area contributed by atoms with E-state index in [0.29, 0.717) is 10.8 Å². The first kappa shape index (κ1) is 28.7. The standard InChI is InChI=1S/C30H17Cl2F5N2O5/c31-29-9-14-12(6-7-13-16(14)26(42)38-25(13)41)18(17-11-4-2-1-3-10(11)5-8-15(17)40)30(29,32)28(44)39(27(29)43)24-22(36)20(34)19(33)21(35)23(24)37/h1-6,8,13-14,16,18,40H,7,9H2,(H,38,41,42)/t13-,14+,16-,18+,29+,30-/m0/s1. The van der Waals surface area contributed by atoms with E-state index in [1.165, 1.54) is 6.07 Å². The number of hydrogen-bond donors (Lipinski definition) is 2. The van der Waals surface area contributed by atoms with E-state index in [1.807, 2.05) is 0 Å². The number of nitrogens with zero attached hydrogens (tertiary/aromatic N) is 1. The van der Waals surface area contributed by atoms with Crippen molar-refractivity contribution in [3.8, 4) is 5.75 Å². The molecule has 2 heterocycles. The molecule has 44 heavy (non-hydrogen) atoms. The fraction of sp³-hybridized carbons (Fsp3) is 0.267. The summed E-state index contributed by atoms with van der Waals surface area (Å²) in [6.45, 7) is 0. The molecule has 2 saturated heterocycles. The molecule has 3 fully saturated rings. The molecule has 7 nitrogen and oxygen atoms in total. The van der Waals surface area contributed by atoms with Gasteiger partial charge in [0.15, 0.2) is 33.0 Å². The normalized spacial score (nSPS) is 31.2. The van der Waals surface area contributed by atoms with Crippen LogP contribution in [0.5, 0.6) is 5.75 Å². The van der Waals surface area contributed by atoms with Gasteiger partial charge in [-0.1, -0.05) is 42.0 Å². The number of benzene rings is 3. The number of phenols is 1. The van der Waals surface area contributed by atoms with Crippen LogP contribution < -0.4 is 10.2 Å². The number of nitrogens with one attached hydrogen (secondary N) is 1. The van der Waals surface area contributed by atoms with Crippen molar-refractivity contribution in [1.82, 2.24) is 5.32 Å². The molecule has 3 aromatic rings. The lowest BCUT2D eigenvalue weighted by Gasteiger charge is -2.51. The van der Waals surface area contributed by atoms with Gasteiger partial charge in [0.05, 0.1) is 11.8 Å². The molecule has 14 heteroatoms. The van der Waals surface area contributed by atoms with Crippen LogP contribution in [0.3, 0.4) is 0 Å². The Labute approximate surface area is 254 Å². The fourth-order valence-electron chi connectivity index (χ4n) is 7.38. The minimum absolute atomic E-state index is 0.00183. The van der Waals surface area contributed by atoms with Gasteiger partial charge in [-0.2, -0.15) is 0 Å². The Kier molecular flexibility index (Phi) is 6.03. The van der Waals surface area contributed by atoms with Crippen molar-refractivity contribution in [2.45, 2.75) is 28.5 Å². The van der Waals surface area contributed by atoms with E-state index in [0.717, 1.165) is 0 Å². The zero-order valence-corrected chi connectivity index (χ0v) is 23.5. The predicted molar refractivity (Wildman–Crippen MR) is 145 cm³/mol. The van der Waals surface area contributed by atoms with Crippen molar-refractivity contribution < 1.29 is 46.2 Å². The second-order valence-electron chi connectivity index (χ2n) is 11.3. The third-order valence-electron chi connectivity index (χ3n) is 9.30. The van der Waals surface area contributed by atoms with Crippen LogP contribution in [0.25, 0.3) is 10.8 Å². The number of halogens is 7. The number of rotatable bonds is 2. The number of amides is 4. The van der Waals surface area contributed by atoms with E-state index < -0.39 is 104 Å². The maximum absolute atomic E-state index is 15.1. The van der Waals surface area contributed by atoms with Gasteiger partial charge in [0.2, 0.25) is 17.6 Å². The van der Waals surface area contributed by atoms with E-state index in [1.54, 1.807) is 36.4 Å². The van der Waals surface area contributed by atoms with Gasteiger partial charge < -0.3 is 5.11 Å². The minimum atomic E-state index is -2.72. The molecule has 3 aromatic carbocycles. The molecule has 0 aromatic heterocycles. The van der Waals surface area contributed by atoms with Crippen molar-refractivity contribution in [3.63, 3.8) is 0 Å². The van der Waals surface area contributed by atoms with Gasteiger partial charge in [-0.15, -0.1) is 23.2 Å². The van der Waals surface area contributed by atoms with Crippen molar-refractivity contribution in [2.24, 2.45) is 17.8 Å². The molecule has 1 saturated carbocycles. The molecule has 2 N–H and O–H groups in total. The molecule has 0 bridgehead atoms. The lowest BCUT2D eigenvalue weighted by Crippen LogP contribution is -2.60. The maximum Gasteiger partial charge on any atom is 0.258 e.